The van der Waals surface area contributed by atoms with Gasteiger partial charge in [-0.2, -0.15) is 0 Å². The highest BCUT2D eigenvalue weighted by Gasteiger charge is 2.21. The van der Waals surface area contributed by atoms with Crippen molar-refractivity contribution in [3.8, 4) is 5.75 Å². The van der Waals surface area contributed by atoms with E-state index in [0.717, 1.165) is 19.5 Å². The normalized spacial score (nSPS) is 17.2. The number of carbonyl (C=O) groups is 1. The first-order valence-corrected chi connectivity index (χ1v) is 6.63. The van der Waals surface area contributed by atoms with Crippen molar-refractivity contribution in [1.29, 1.82) is 0 Å². The first-order valence-electron chi connectivity index (χ1n) is 6.63. The molecule has 1 aliphatic rings. The van der Waals surface area contributed by atoms with Gasteiger partial charge in [0.25, 0.3) is 5.91 Å². The number of β-amino-alcohol motifs (C(OH)–C–C–N with tert-alkyl or cyclic N) is 1. The predicted octanol–water partition coefficient (Wildman–Crippen LogP) is 0.532. The van der Waals surface area contributed by atoms with Crippen LogP contribution in [-0.4, -0.2) is 65.3 Å². The lowest BCUT2D eigenvalue weighted by Gasteiger charge is -2.21. The third kappa shape index (κ3) is 3.45. The molecule has 0 aromatic heterocycles. The monoisotopic (exact) mass is 264 g/mol. The van der Waals surface area contributed by atoms with Crippen molar-refractivity contribution in [2.45, 2.75) is 6.42 Å². The Morgan fingerprint density at radius 3 is 2.68 bits per heavy atom. The van der Waals surface area contributed by atoms with E-state index in [4.69, 9.17) is 5.11 Å². The highest BCUT2D eigenvalue weighted by Crippen LogP contribution is 2.18. The average Bonchev–Trinajstić information content (AvgIpc) is 2.65. The van der Waals surface area contributed by atoms with Crippen LogP contribution in [0.4, 0.5) is 0 Å². The summed E-state index contributed by atoms with van der Waals surface area (Å²) in [5, 5.41) is 18.7. The summed E-state index contributed by atoms with van der Waals surface area (Å²) in [6.07, 6.45) is 0.888. The van der Waals surface area contributed by atoms with Gasteiger partial charge in [0.05, 0.1) is 12.2 Å². The number of phenolic OH excluding ortho intramolecular Hbond substituents is 1. The van der Waals surface area contributed by atoms with Crippen LogP contribution in [0.25, 0.3) is 0 Å². The molecule has 0 bridgehead atoms. The number of benzene rings is 1. The summed E-state index contributed by atoms with van der Waals surface area (Å²) in [6, 6.07) is 6.64. The van der Waals surface area contributed by atoms with E-state index < -0.39 is 0 Å². The zero-order chi connectivity index (χ0) is 13.7. The molecular weight excluding hydrogens is 244 g/mol. The minimum atomic E-state index is -0.121. The van der Waals surface area contributed by atoms with E-state index in [2.05, 4.69) is 4.90 Å². The van der Waals surface area contributed by atoms with Crippen molar-refractivity contribution in [3.05, 3.63) is 29.8 Å². The van der Waals surface area contributed by atoms with Gasteiger partial charge in [0, 0.05) is 26.2 Å². The van der Waals surface area contributed by atoms with Gasteiger partial charge in [-0.25, -0.2) is 0 Å². The number of phenols is 1. The van der Waals surface area contributed by atoms with Crippen LogP contribution in [0.15, 0.2) is 24.3 Å². The maximum Gasteiger partial charge on any atom is 0.257 e. The van der Waals surface area contributed by atoms with Gasteiger partial charge in [0.2, 0.25) is 0 Å². The summed E-state index contributed by atoms with van der Waals surface area (Å²) in [5.41, 5.74) is 0.359. The zero-order valence-corrected chi connectivity index (χ0v) is 11.0. The molecule has 0 spiro atoms. The van der Waals surface area contributed by atoms with Crippen molar-refractivity contribution in [1.82, 2.24) is 9.80 Å². The van der Waals surface area contributed by atoms with Gasteiger partial charge < -0.3 is 15.1 Å². The van der Waals surface area contributed by atoms with Crippen molar-refractivity contribution >= 4 is 5.91 Å². The first kappa shape index (κ1) is 13.8. The van der Waals surface area contributed by atoms with Gasteiger partial charge in [-0.1, -0.05) is 12.1 Å². The van der Waals surface area contributed by atoms with Crippen molar-refractivity contribution in [2.75, 3.05) is 39.3 Å². The Morgan fingerprint density at radius 2 is 1.95 bits per heavy atom. The van der Waals surface area contributed by atoms with E-state index in [1.165, 1.54) is 6.07 Å². The molecular formula is C14H20N2O3. The lowest BCUT2D eigenvalue weighted by Crippen LogP contribution is -2.35. The highest BCUT2D eigenvalue weighted by atomic mass is 16.3. The Hall–Kier alpha value is -1.59. The van der Waals surface area contributed by atoms with Gasteiger partial charge >= 0.3 is 0 Å². The summed E-state index contributed by atoms with van der Waals surface area (Å²) >= 11 is 0. The number of amides is 1. The minimum absolute atomic E-state index is 0.0314. The molecule has 0 aliphatic carbocycles. The van der Waals surface area contributed by atoms with E-state index >= 15 is 0 Å². The van der Waals surface area contributed by atoms with Crippen LogP contribution in [0.5, 0.6) is 5.75 Å². The number of carbonyl (C=O) groups excluding carboxylic acids is 1. The molecule has 2 rings (SSSR count). The second kappa shape index (κ2) is 6.54. The second-order valence-electron chi connectivity index (χ2n) is 4.73. The molecule has 1 aliphatic heterocycles. The number of nitrogens with zero attached hydrogens (tertiary/aromatic N) is 2. The SMILES string of the molecule is O=C(c1ccccc1O)N1CCCN(CCO)CC1. The molecule has 0 radical (unpaired) electrons. The van der Waals surface area contributed by atoms with Crippen molar-refractivity contribution < 1.29 is 15.0 Å². The number of para-hydroxylation sites is 1. The third-order valence-electron chi connectivity index (χ3n) is 3.43. The maximum atomic E-state index is 12.3. The van der Waals surface area contributed by atoms with Crippen LogP contribution in [0.1, 0.15) is 16.8 Å². The Labute approximate surface area is 113 Å². The number of aliphatic hydroxyl groups excluding tert-OH is 1. The fourth-order valence-corrected chi connectivity index (χ4v) is 2.36. The van der Waals surface area contributed by atoms with Gasteiger partial charge in [-0.05, 0) is 25.1 Å². The van der Waals surface area contributed by atoms with E-state index in [1.807, 2.05) is 0 Å². The fourth-order valence-electron chi connectivity index (χ4n) is 2.36. The van der Waals surface area contributed by atoms with E-state index in [-0.39, 0.29) is 18.3 Å². The molecule has 1 saturated heterocycles. The lowest BCUT2D eigenvalue weighted by atomic mass is 10.1. The molecule has 104 valence electrons. The molecule has 0 unspecified atom stereocenters. The fraction of sp³-hybridized carbons (Fsp3) is 0.500. The molecule has 2 N–H and O–H groups in total. The number of aliphatic hydroxyl groups is 1. The summed E-state index contributed by atoms with van der Waals surface area (Å²) in [6.45, 7) is 3.78. The molecule has 19 heavy (non-hydrogen) atoms. The van der Waals surface area contributed by atoms with Crippen molar-refractivity contribution in [2.24, 2.45) is 0 Å². The largest absolute Gasteiger partial charge is 0.507 e. The predicted molar refractivity (Wildman–Crippen MR) is 72.2 cm³/mol. The van der Waals surface area contributed by atoms with Gasteiger partial charge in [-0.15, -0.1) is 0 Å². The van der Waals surface area contributed by atoms with Crippen LogP contribution in [0.3, 0.4) is 0 Å². The molecule has 1 heterocycles. The van der Waals surface area contributed by atoms with Crippen molar-refractivity contribution in [3.63, 3.8) is 0 Å². The average molecular weight is 264 g/mol. The number of aromatic hydroxyl groups is 1. The van der Waals surface area contributed by atoms with Gasteiger partial charge in [0.15, 0.2) is 0 Å². The van der Waals surface area contributed by atoms with Crippen LogP contribution in [0, 0.1) is 0 Å². The second-order valence-corrected chi connectivity index (χ2v) is 4.73. The van der Waals surface area contributed by atoms with E-state index in [1.54, 1.807) is 23.1 Å². The molecule has 0 saturated carbocycles. The van der Waals surface area contributed by atoms with Crippen LogP contribution < -0.4 is 0 Å². The molecule has 1 fully saturated rings. The molecule has 0 atom stereocenters. The molecule has 5 nitrogen and oxygen atoms in total. The number of rotatable bonds is 3. The topological polar surface area (TPSA) is 64.0 Å². The standard InChI is InChI=1S/C14H20N2O3/c17-11-10-15-6-3-7-16(9-8-15)14(19)12-4-1-2-5-13(12)18/h1-2,4-5,17-18H,3,6-11H2. The maximum absolute atomic E-state index is 12.3. The summed E-state index contributed by atoms with van der Waals surface area (Å²) in [7, 11) is 0. The van der Waals surface area contributed by atoms with E-state index in [9.17, 15) is 9.90 Å². The highest BCUT2D eigenvalue weighted by molar-refractivity contribution is 5.96. The van der Waals surface area contributed by atoms with Gasteiger partial charge in [0.1, 0.15) is 5.75 Å². The zero-order valence-electron chi connectivity index (χ0n) is 11.0. The van der Waals surface area contributed by atoms with Crippen LogP contribution >= 0.6 is 0 Å². The number of hydrogen-bond donors (Lipinski definition) is 2. The molecule has 1 aromatic carbocycles. The van der Waals surface area contributed by atoms with Gasteiger partial charge in [-0.3, -0.25) is 9.69 Å². The Morgan fingerprint density at radius 1 is 1.16 bits per heavy atom. The summed E-state index contributed by atoms with van der Waals surface area (Å²) in [4.78, 5) is 16.3. The third-order valence-corrected chi connectivity index (χ3v) is 3.43. The Kier molecular flexibility index (Phi) is 4.76. The first-order chi connectivity index (χ1) is 9.22. The molecule has 1 amide bonds. The van der Waals surface area contributed by atoms with E-state index in [0.29, 0.717) is 25.2 Å². The van der Waals surface area contributed by atoms with Crippen LogP contribution in [-0.2, 0) is 0 Å². The number of hydrogen-bond acceptors (Lipinski definition) is 4. The quantitative estimate of drug-likeness (QED) is 0.836. The van der Waals surface area contributed by atoms with Crippen LogP contribution in [0.2, 0.25) is 0 Å². The molecule has 1 aromatic rings. The lowest BCUT2D eigenvalue weighted by molar-refractivity contribution is 0.0757. The minimum Gasteiger partial charge on any atom is -0.507 e. The summed E-state index contributed by atoms with van der Waals surface area (Å²) in [5.74, 6) is -0.0899. The Balaban J connectivity index is 2.02. The summed E-state index contributed by atoms with van der Waals surface area (Å²) < 4.78 is 0. The molecule has 5 heteroatoms. The smallest absolute Gasteiger partial charge is 0.257 e. The Bertz CT molecular complexity index is 436.